The summed E-state index contributed by atoms with van der Waals surface area (Å²) in [4.78, 5) is 15.2. The first-order valence-corrected chi connectivity index (χ1v) is 11.1. The van der Waals surface area contributed by atoms with E-state index in [0.717, 1.165) is 49.0 Å². The van der Waals surface area contributed by atoms with E-state index in [1.165, 1.54) is 16.7 Å². The number of carbonyl (C=O) groups excluding carboxylic acids is 1. The second-order valence-corrected chi connectivity index (χ2v) is 8.82. The molecule has 2 aromatic carbocycles. The number of cyclic esters (lactones) is 1. The number of ether oxygens (including phenoxy) is 2. The van der Waals surface area contributed by atoms with Crippen LogP contribution in [0.25, 0.3) is 6.08 Å². The number of hydrogen-bond acceptors (Lipinski definition) is 4. The number of nitrogens with one attached hydrogen (secondary N) is 1. The van der Waals surface area contributed by atoms with Crippen LogP contribution in [0.5, 0.6) is 5.75 Å². The lowest BCUT2D eigenvalue weighted by Crippen LogP contribution is -2.40. The first-order chi connectivity index (χ1) is 15.6. The van der Waals surface area contributed by atoms with Gasteiger partial charge in [-0.25, -0.2) is 4.79 Å². The number of fused-ring (bicyclic) bond motifs is 1. The molecular formula is C27H26N2O3. The van der Waals surface area contributed by atoms with Crippen molar-refractivity contribution in [1.29, 1.82) is 0 Å². The monoisotopic (exact) mass is 426 g/mol. The van der Waals surface area contributed by atoms with Gasteiger partial charge in [-0.05, 0) is 85.7 Å². The Bertz CT molecular complexity index is 1160. The third-order valence-corrected chi connectivity index (χ3v) is 6.61. The summed E-state index contributed by atoms with van der Waals surface area (Å²) in [6.45, 7) is 4.17. The van der Waals surface area contributed by atoms with Crippen LogP contribution in [-0.4, -0.2) is 31.7 Å². The molecule has 1 saturated heterocycles. The van der Waals surface area contributed by atoms with E-state index in [-0.39, 0.29) is 18.4 Å². The summed E-state index contributed by atoms with van der Waals surface area (Å²) in [7, 11) is 0. The number of benzene rings is 2. The SMILES string of the molecule is C=NCOc1cccc(C#CC2=Cc3ccc([C@H]4CC[C@]5(COC(=O)N5)C4)cc3CC2)c1. The van der Waals surface area contributed by atoms with Crippen molar-refractivity contribution in [2.45, 2.75) is 43.6 Å². The average Bonchev–Trinajstić information content (AvgIpc) is 3.41. The van der Waals surface area contributed by atoms with Gasteiger partial charge in [-0.1, -0.05) is 36.1 Å². The second-order valence-electron chi connectivity index (χ2n) is 8.82. The smallest absolute Gasteiger partial charge is 0.407 e. The lowest BCUT2D eigenvalue weighted by Gasteiger charge is -2.21. The minimum absolute atomic E-state index is 0.162. The lowest BCUT2D eigenvalue weighted by molar-refractivity contribution is 0.172. The predicted octanol–water partition coefficient (Wildman–Crippen LogP) is 4.85. The number of rotatable bonds is 4. The maximum absolute atomic E-state index is 11.5. The minimum atomic E-state index is -0.275. The van der Waals surface area contributed by atoms with Crippen molar-refractivity contribution in [1.82, 2.24) is 5.32 Å². The molecule has 1 aliphatic heterocycles. The molecule has 5 rings (SSSR count). The molecule has 162 valence electrons. The molecule has 5 heteroatoms. The Labute approximate surface area is 188 Å². The Morgan fingerprint density at radius 1 is 1.22 bits per heavy atom. The normalized spacial score (nSPS) is 23.4. The predicted molar refractivity (Wildman–Crippen MR) is 125 cm³/mol. The first kappa shape index (κ1) is 20.4. The summed E-state index contributed by atoms with van der Waals surface area (Å²) < 4.78 is 10.7. The van der Waals surface area contributed by atoms with Crippen LogP contribution in [0.2, 0.25) is 0 Å². The zero-order valence-electron chi connectivity index (χ0n) is 18.0. The number of aryl methyl sites for hydroxylation is 1. The van der Waals surface area contributed by atoms with Crippen molar-refractivity contribution < 1.29 is 14.3 Å². The Kier molecular flexibility index (Phi) is 5.45. The van der Waals surface area contributed by atoms with Gasteiger partial charge in [-0.15, -0.1) is 0 Å². The van der Waals surface area contributed by atoms with Gasteiger partial charge < -0.3 is 14.8 Å². The summed E-state index contributed by atoms with van der Waals surface area (Å²) in [5.74, 6) is 7.81. The Hall–Kier alpha value is -3.52. The third kappa shape index (κ3) is 4.27. The first-order valence-electron chi connectivity index (χ1n) is 11.1. The fourth-order valence-corrected chi connectivity index (χ4v) is 4.95. The molecule has 1 N–H and O–H groups in total. The van der Waals surface area contributed by atoms with Crippen molar-refractivity contribution in [2.24, 2.45) is 4.99 Å². The van der Waals surface area contributed by atoms with Crippen LogP contribution < -0.4 is 10.1 Å². The summed E-state index contributed by atoms with van der Waals surface area (Å²) in [5, 5.41) is 3.04. The molecule has 32 heavy (non-hydrogen) atoms. The van der Waals surface area contributed by atoms with Gasteiger partial charge in [-0.3, -0.25) is 4.99 Å². The number of alkyl carbamates (subject to hydrolysis) is 1. The van der Waals surface area contributed by atoms with Crippen LogP contribution in [0.15, 0.2) is 53.0 Å². The number of hydrogen-bond donors (Lipinski definition) is 1. The largest absolute Gasteiger partial charge is 0.471 e. The molecule has 2 fully saturated rings. The van der Waals surface area contributed by atoms with E-state index >= 15 is 0 Å². The summed E-state index contributed by atoms with van der Waals surface area (Å²) in [6.07, 6.45) is 6.89. The molecule has 0 unspecified atom stereocenters. The Morgan fingerprint density at radius 3 is 3.00 bits per heavy atom. The molecule has 3 aliphatic rings. The van der Waals surface area contributed by atoms with Crippen LogP contribution in [0.1, 0.15) is 53.9 Å². The van der Waals surface area contributed by atoms with Gasteiger partial charge in [0.25, 0.3) is 0 Å². The third-order valence-electron chi connectivity index (χ3n) is 6.61. The molecule has 1 heterocycles. The fraction of sp³-hybridized carbons (Fsp3) is 0.333. The molecule has 0 radical (unpaired) electrons. The van der Waals surface area contributed by atoms with Gasteiger partial charge in [-0.2, -0.15) is 0 Å². The maximum atomic E-state index is 11.5. The molecule has 0 bridgehead atoms. The molecule has 1 spiro atoms. The number of nitrogens with zero attached hydrogens (tertiary/aromatic N) is 1. The van der Waals surface area contributed by atoms with Gasteiger partial charge in [0.15, 0.2) is 6.73 Å². The molecule has 2 aliphatic carbocycles. The van der Waals surface area contributed by atoms with Crippen molar-refractivity contribution in [3.05, 3.63) is 70.3 Å². The van der Waals surface area contributed by atoms with Gasteiger partial charge in [0.2, 0.25) is 0 Å². The average molecular weight is 427 g/mol. The topological polar surface area (TPSA) is 59.9 Å². The number of amides is 1. The lowest BCUT2D eigenvalue weighted by atomic mass is 9.87. The van der Waals surface area contributed by atoms with Gasteiger partial charge >= 0.3 is 6.09 Å². The number of allylic oxidation sites excluding steroid dienone is 1. The van der Waals surface area contributed by atoms with E-state index in [2.05, 4.69) is 53.1 Å². The van der Waals surface area contributed by atoms with Crippen molar-refractivity contribution in [3.8, 4) is 17.6 Å². The number of aliphatic imine (C=N–C) groups is 1. The van der Waals surface area contributed by atoms with E-state index in [1.807, 2.05) is 24.3 Å². The second kappa shape index (κ2) is 8.55. The maximum Gasteiger partial charge on any atom is 0.407 e. The van der Waals surface area contributed by atoms with Crippen LogP contribution in [-0.2, 0) is 11.2 Å². The molecule has 0 aromatic heterocycles. The highest BCUT2D eigenvalue weighted by Crippen LogP contribution is 2.43. The van der Waals surface area contributed by atoms with Crippen molar-refractivity contribution >= 4 is 18.9 Å². The van der Waals surface area contributed by atoms with Crippen molar-refractivity contribution in [3.63, 3.8) is 0 Å². The molecule has 2 atom stereocenters. The van der Waals surface area contributed by atoms with Crippen LogP contribution in [0, 0.1) is 11.8 Å². The van der Waals surface area contributed by atoms with Crippen LogP contribution in [0.4, 0.5) is 4.79 Å². The fourth-order valence-electron chi connectivity index (χ4n) is 4.95. The highest BCUT2D eigenvalue weighted by atomic mass is 16.6. The zero-order chi connectivity index (χ0) is 22.0. The molecule has 5 nitrogen and oxygen atoms in total. The minimum Gasteiger partial charge on any atom is -0.471 e. The Balaban J connectivity index is 1.29. The molecule has 1 saturated carbocycles. The van der Waals surface area contributed by atoms with E-state index in [0.29, 0.717) is 12.5 Å². The summed E-state index contributed by atoms with van der Waals surface area (Å²) >= 11 is 0. The summed E-state index contributed by atoms with van der Waals surface area (Å²) in [6, 6.07) is 14.5. The van der Waals surface area contributed by atoms with E-state index in [4.69, 9.17) is 9.47 Å². The van der Waals surface area contributed by atoms with E-state index in [1.54, 1.807) is 0 Å². The molecule has 1 amide bonds. The highest BCUT2D eigenvalue weighted by Gasteiger charge is 2.45. The van der Waals surface area contributed by atoms with Crippen LogP contribution in [0.3, 0.4) is 0 Å². The molecule has 2 aromatic rings. The number of carbonyl (C=O) groups is 1. The van der Waals surface area contributed by atoms with Gasteiger partial charge in [0.05, 0.1) is 5.54 Å². The van der Waals surface area contributed by atoms with Crippen molar-refractivity contribution in [2.75, 3.05) is 13.3 Å². The quantitative estimate of drug-likeness (QED) is 0.562. The van der Waals surface area contributed by atoms with E-state index < -0.39 is 0 Å². The van der Waals surface area contributed by atoms with E-state index in [9.17, 15) is 4.79 Å². The van der Waals surface area contributed by atoms with Gasteiger partial charge in [0.1, 0.15) is 12.4 Å². The van der Waals surface area contributed by atoms with Crippen LogP contribution >= 0.6 is 0 Å². The Morgan fingerprint density at radius 2 is 2.16 bits per heavy atom. The molecular weight excluding hydrogens is 400 g/mol. The highest BCUT2D eigenvalue weighted by molar-refractivity contribution is 5.71. The zero-order valence-corrected chi connectivity index (χ0v) is 18.0. The summed E-state index contributed by atoms with van der Waals surface area (Å²) in [5.41, 5.74) is 5.92. The standard InChI is InChI=1S/C27H26N2O3/c1-28-18-32-25-4-2-3-19(14-25)5-6-20-7-8-22-15-23(10-9-21(22)13-20)24-11-12-27(16-24)17-31-26(30)29-27/h2-4,9-10,13-15,24H,1,7-8,11-12,16-18H2,(H,29,30)/t24-,27+/m0/s1. The van der Waals surface area contributed by atoms with Gasteiger partial charge in [0, 0.05) is 11.1 Å².